The van der Waals surface area contributed by atoms with Crippen molar-refractivity contribution < 1.29 is 18.9 Å². The quantitative estimate of drug-likeness (QED) is 0.400. The van der Waals surface area contributed by atoms with E-state index >= 15 is 0 Å². The zero-order valence-corrected chi connectivity index (χ0v) is 16.2. The zero-order chi connectivity index (χ0) is 19.5. The molecule has 0 unspecified atom stereocenters. The average Bonchev–Trinajstić information content (AvgIpc) is 2.72. The van der Waals surface area contributed by atoms with Gasteiger partial charge in [0, 0.05) is 31.4 Å². The van der Waals surface area contributed by atoms with Gasteiger partial charge in [0.2, 0.25) is 0 Å². The number of benzene rings is 2. The fraction of sp³-hybridized carbons (Fsp3) is 0.350. The first-order valence-corrected chi connectivity index (χ1v) is 8.66. The number of anilines is 1. The lowest BCUT2D eigenvalue weighted by Crippen LogP contribution is -2.32. The van der Waals surface area contributed by atoms with Crippen LogP contribution in [0.4, 0.5) is 5.69 Å². The third-order valence-electron chi connectivity index (χ3n) is 3.79. The van der Waals surface area contributed by atoms with Crippen LogP contribution in [0.3, 0.4) is 0 Å². The molecule has 7 heteroatoms. The summed E-state index contributed by atoms with van der Waals surface area (Å²) < 4.78 is 21.5. The van der Waals surface area contributed by atoms with Gasteiger partial charge in [0.25, 0.3) is 0 Å². The predicted octanol–water partition coefficient (Wildman–Crippen LogP) is 3.17. The molecule has 0 aliphatic rings. The highest BCUT2D eigenvalue weighted by atomic mass is 16.5. The van der Waals surface area contributed by atoms with Crippen molar-refractivity contribution in [2.24, 2.45) is 4.99 Å². The molecule has 0 heterocycles. The van der Waals surface area contributed by atoms with Gasteiger partial charge in [-0.15, -0.1) is 0 Å². The van der Waals surface area contributed by atoms with Gasteiger partial charge in [-0.2, -0.15) is 0 Å². The van der Waals surface area contributed by atoms with Gasteiger partial charge in [-0.1, -0.05) is 6.07 Å². The smallest absolute Gasteiger partial charge is 0.195 e. The molecule has 0 amide bonds. The second-order valence-corrected chi connectivity index (χ2v) is 5.57. The van der Waals surface area contributed by atoms with Crippen molar-refractivity contribution in [2.75, 3.05) is 46.8 Å². The van der Waals surface area contributed by atoms with Crippen LogP contribution in [-0.4, -0.2) is 47.5 Å². The summed E-state index contributed by atoms with van der Waals surface area (Å²) in [5, 5.41) is 6.48. The molecule has 2 rings (SSSR count). The Morgan fingerprint density at radius 3 is 2.41 bits per heavy atom. The van der Waals surface area contributed by atoms with E-state index in [-0.39, 0.29) is 0 Å². The Morgan fingerprint density at radius 1 is 0.926 bits per heavy atom. The predicted molar refractivity (Wildman–Crippen MR) is 108 cm³/mol. The Bertz CT molecular complexity index is 750. The first-order chi connectivity index (χ1) is 13.2. The van der Waals surface area contributed by atoms with Gasteiger partial charge < -0.3 is 29.6 Å². The Kier molecular flexibility index (Phi) is 8.09. The van der Waals surface area contributed by atoms with Crippen molar-refractivity contribution in [3.05, 3.63) is 42.5 Å². The van der Waals surface area contributed by atoms with Gasteiger partial charge in [0.15, 0.2) is 17.5 Å². The van der Waals surface area contributed by atoms with Crippen LogP contribution in [0.25, 0.3) is 0 Å². The van der Waals surface area contributed by atoms with Gasteiger partial charge in [-0.3, -0.25) is 4.99 Å². The zero-order valence-electron chi connectivity index (χ0n) is 16.2. The molecule has 0 saturated heterocycles. The average molecular weight is 373 g/mol. The number of nitrogens with zero attached hydrogens (tertiary/aromatic N) is 1. The van der Waals surface area contributed by atoms with Gasteiger partial charge in [-0.05, 0) is 30.7 Å². The summed E-state index contributed by atoms with van der Waals surface area (Å²) in [5.74, 6) is 3.58. The van der Waals surface area contributed by atoms with Crippen LogP contribution in [-0.2, 0) is 0 Å². The van der Waals surface area contributed by atoms with E-state index in [2.05, 4.69) is 15.6 Å². The third-order valence-corrected chi connectivity index (χ3v) is 3.79. The highest BCUT2D eigenvalue weighted by Gasteiger charge is 2.06. The Balaban J connectivity index is 1.77. The molecule has 0 spiro atoms. The van der Waals surface area contributed by atoms with Crippen molar-refractivity contribution in [3.63, 3.8) is 0 Å². The molecule has 0 aromatic heterocycles. The number of aliphatic imine (C=N–C) groups is 1. The molecule has 0 fully saturated rings. The van der Waals surface area contributed by atoms with Crippen LogP contribution in [0.2, 0.25) is 0 Å². The Morgan fingerprint density at radius 2 is 1.70 bits per heavy atom. The number of methoxy groups -OCH3 is 3. The third kappa shape index (κ3) is 6.29. The number of nitrogens with one attached hydrogen (secondary N) is 2. The van der Waals surface area contributed by atoms with Crippen molar-refractivity contribution in [3.8, 4) is 23.0 Å². The number of rotatable bonds is 9. The molecular formula is C20H27N3O4. The maximum absolute atomic E-state index is 5.73. The minimum absolute atomic E-state index is 0.591. The van der Waals surface area contributed by atoms with Crippen LogP contribution in [0.1, 0.15) is 6.42 Å². The summed E-state index contributed by atoms with van der Waals surface area (Å²) in [6.45, 7) is 1.31. The topological polar surface area (TPSA) is 73.3 Å². The molecule has 2 aromatic rings. The van der Waals surface area contributed by atoms with Gasteiger partial charge in [-0.25, -0.2) is 0 Å². The van der Waals surface area contributed by atoms with Crippen LogP contribution in [0.15, 0.2) is 47.5 Å². The molecule has 0 bridgehead atoms. The first-order valence-electron chi connectivity index (χ1n) is 8.66. The summed E-state index contributed by atoms with van der Waals surface area (Å²) >= 11 is 0. The van der Waals surface area contributed by atoms with E-state index in [1.165, 1.54) is 0 Å². The van der Waals surface area contributed by atoms with Crippen LogP contribution in [0, 0.1) is 0 Å². The van der Waals surface area contributed by atoms with E-state index in [4.69, 9.17) is 18.9 Å². The largest absolute Gasteiger partial charge is 0.497 e. The SMILES string of the molecule is CN=C(NCCCOc1cccc(OC)c1)Nc1ccc(OC)c(OC)c1. The molecule has 2 aromatic carbocycles. The number of guanidine groups is 1. The van der Waals surface area contributed by atoms with E-state index in [0.29, 0.717) is 24.1 Å². The second kappa shape index (κ2) is 10.8. The highest BCUT2D eigenvalue weighted by molar-refractivity contribution is 5.93. The van der Waals surface area contributed by atoms with E-state index in [0.717, 1.165) is 30.2 Å². The van der Waals surface area contributed by atoms with Gasteiger partial charge in [0.05, 0.1) is 27.9 Å². The minimum Gasteiger partial charge on any atom is -0.497 e. The first kappa shape index (κ1) is 20.2. The molecule has 0 atom stereocenters. The van der Waals surface area contributed by atoms with Crippen molar-refractivity contribution in [1.82, 2.24) is 5.32 Å². The molecule has 0 radical (unpaired) electrons. The molecule has 7 nitrogen and oxygen atoms in total. The van der Waals surface area contributed by atoms with Gasteiger partial charge >= 0.3 is 0 Å². The second-order valence-electron chi connectivity index (χ2n) is 5.57. The molecule has 27 heavy (non-hydrogen) atoms. The monoisotopic (exact) mass is 373 g/mol. The Hall–Kier alpha value is -3.09. The molecule has 0 saturated carbocycles. The summed E-state index contributed by atoms with van der Waals surface area (Å²) in [6.07, 6.45) is 0.823. The number of ether oxygens (including phenoxy) is 4. The van der Waals surface area contributed by atoms with Crippen LogP contribution >= 0.6 is 0 Å². The molecule has 146 valence electrons. The van der Waals surface area contributed by atoms with E-state index in [9.17, 15) is 0 Å². The fourth-order valence-corrected chi connectivity index (χ4v) is 2.39. The molecule has 0 aliphatic heterocycles. The van der Waals surface area contributed by atoms with Crippen molar-refractivity contribution in [1.29, 1.82) is 0 Å². The Labute approximate surface area is 160 Å². The summed E-state index contributed by atoms with van der Waals surface area (Å²) in [7, 11) is 6.58. The number of hydrogen-bond donors (Lipinski definition) is 2. The molecule has 0 aliphatic carbocycles. The maximum atomic E-state index is 5.73. The van der Waals surface area contributed by atoms with Crippen LogP contribution < -0.4 is 29.6 Å². The maximum Gasteiger partial charge on any atom is 0.195 e. The van der Waals surface area contributed by atoms with E-state index in [1.54, 1.807) is 28.4 Å². The lowest BCUT2D eigenvalue weighted by molar-refractivity contribution is 0.309. The lowest BCUT2D eigenvalue weighted by atomic mass is 10.3. The van der Waals surface area contributed by atoms with Crippen molar-refractivity contribution in [2.45, 2.75) is 6.42 Å². The van der Waals surface area contributed by atoms with Crippen molar-refractivity contribution >= 4 is 11.6 Å². The lowest BCUT2D eigenvalue weighted by Gasteiger charge is -2.14. The summed E-state index contributed by atoms with van der Waals surface area (Å²) in [4.78, 5) is 4.22. The van der Waals surface area contributed by atoms with Crippen LogP contribution in [0.5, 0.6) is 23.0 Å². The summed E-state index contributed by atoms with van der Waals surface area (Å²) in [6, 6.07) is 13.2. The van der Waals surface area contributed by atoms with E-state index < -0.39 is 0 Å². The summed E-state index contributed by atoms with van der Waals surface area (Å²) in [5.41, 5.74) is 0.855. The minimum atomic E-state index is 0.591. The van der Waals surface area contributed by atoms with E-state index in [1.807, 2.05) is 42.5 Å². The highest BCUT2D eigenvalue weighted by Crippen LogP contribution is 2.29. The fourth-order valence-electron chi connectivity index (χ4n) is 2.39. The standard InChI is InChI=1S/C20H27N3O4/c1-21-20(23-15-9-10-18(25-3)19(13-15)26-4)22-11-6-12-27-17-8-5-7-16(14-17)24-2/h5,7-10,13-14H,6,11-12H2,1-4H3,(H2,21,22,23). The normalized spacial score (nSPS) is 10.9. The number of hydrogen-bond acceptors (Lipinski definition) is 5. The van der Waals surface area contributed by atoms with Gasteiger partial charge in [0.1, 0.15) is 11.5 Å². The molecular weight excluding hydrogens is 346 g/mol. The molecule has 2 N–H and O–H groups in total.